The second-order valence-corrected chi connectivity index (χ2v) is 18.9. The summed E-state index contributed by atoms with van der Waals surface area (Å²) >= 11 is 7.03. The molecule has 8 nitrogen and oxygen atoms in total. The number of thiophene rings is 4. The van der Waals surface area contributed by atoms with Gasteiger partial charge in [-0.3, -0.25) is 0 Å². The van der Waals surface area contributed by atoms with Gasteiger partial charge in [-0.15, -0.1) is 45.3 Å². The minimum atomic E-state index is 0. The van der Waals surface area contributed by atoms with Crippen LogP contribution in [0.2, 0.25) is 0 Å². The summed E-state index contributed by atoms with van der Waals surface area (Å²) in [6, 6.07) is 46.9. The third-order valence-electron chi connectivity index (χ3n) is 10.2. The van der Waals surface area contributed by atoms with Crippen LogP contribution in [-0.4, -0.2) is 29.9 Å². The molecule has 64 heavy (non-hydrogen) atoms. The number of aryl methyl sites for hydroxylation is 3. The van der Waals surface area contributed by atoms with Gasteiger partial charge in [0.1, 0.15) is 0 Å². The zero-order chi connectivity index (χ0) is 42.7. The van der Waals surface area contributed by atoms with Gasteiger partial charge >= 0.3 is 19.5 Å². The molecule has 0 N–H and O–H groups in total. The van der Waals surface area contributed by atoms with E-state index in [2.05, 4.69) is 109 Å². The topological polar surface area (TPSA) is 106 Å². The first-order valence-corrected chi connectivity index (χ1v) is 23.6. The maximum Gasteiger partial charge on any atom is 2.00 e. The standard InChI is InChI=1S/C36H18N8S.3C5H6S.Zn/c1-2-9-21-20(8-1)29-37-30(21)39-32-24-12-5-6-13-25(24)34(41-32)43-36-27-18-19(28-14-7-17-45-28)15-16-26(27)35(44-36)42-33-23-11-4-3-10-22(23)31(38-29)40-33;3*1-5-3-2-4-6-5;/h1-18H;3*2-4H,1H3;/q-2;;;;+2. The number of benzene rings is 4. The fourth-order valence-electron chi connectivity index (χ4n) is 7.19. The van der Waals surface area contributed by atoms with Crippen molar-refractivity contribution in [2.24, 2.45) is 0 Å². The summed E-state index contributed by atoms with van der Waals surface area (Å²) in [6.07, 6.45) is 0. The van der Waals surface area contributed by atoms with Crippen molar-refractivity contribution >= 4 is 89.5 Å². The smallest absolute Gasteiger partial charge is 0.357 e. The molecule has 4 aromatic carbocycles. The third-order valence-corrected chi connectivity index (χ3v) is 13.5. The molecule has 0 amide bonds. The summed E-state index contributed by atoms with van der Waals surface area (Å²) in [5.74, 6) is 2.19. The predicted octanol–water partition coefficient (Wildman–Crippen LogP) is 14.0. The minimum absolute atomic E-state index is 0. The number of nitrogens with zero attached hydrogens (tertiary/aromatic N) is 8. The third kappa shape index (κ3) is 9.04. The molecule has 7 aromatic heterocycles. The fraction of sp³-hybridized carbons (Fsp3) is 0.0588. The van der Waals surface area contributed by atoms with Gasteiger partial charge < -0.3 is 29.9 Å². The molecule has 0 spiro atoms. The molecule has 13 rings (SSSR count). The Morgan fingerprint density at radius 2 is 0.703 bits per heavy atom. The van der Waals surface area contributed by atoms with E-state index in [1.165, 1.54) is 19.5 Å². The first-order valence-electron chi connectivity index (χ1n) is 20.1. The van der Waals surface area contributed by atoms with Crippen molar-refractivity contribution in [3.63, 3.8) is 0 Å². The molecule has 8 bridgehead atoms. The Balaban J connectivity index is 0.000000227. The fourth-order valence-corrected chi connectivity index (χ4v) is 9.50. The molecule has 0 fully saturated rings. The van der Waals surface area contributed by atoms with Crippen LogP contribution in [0.1, 0.15) is 14.6 Å². The van der Waals surface area contributed by atoms with Crippen LogP contribution in [0.4, 0.5) is 0 Å². The number of fused-ring (bicyclic) bond motifs is 20. The van der Waals surface area contributed by atoms with Crippen LogP contribution in [0.15, 0.2) is 161 Å². The van der Waals surface area contributed by atoms with Crippen molar-refractivity contribution in [1.29, 1.82) is 0 Å². The van der Waals surface area contributed by atoms with Crippen LogP contribution >= 0.6 is 45.3 Å². The van der Waals surface area contributed by atoms with Gasteiger partial charge in [-0.2, -0.15) is 0 Å². The van der Waals surface area contributed by atoms with E-state index in [4.69, 9.17) is 39.9 Å². The first kappa shape index (κ1) is 42.9. The van der Waals surface area contributed by atoms with Crippen molar-refractivity contribution < 1.29 is 19.5 Å². The van der Waals surface area contributed by atoms with Gasteiger partial charge in [0, 0.05) is 64.4 Å². The van der Waals surface area contributed by atoms with E-state index >= 15 is 0 Å². The SMILES string of the molecule is Cc1cccs1.Cc1cccs1.Cc1cccs1.[Zn+2].c1csc(-c2ccc3c4nc5nc(nc6[n-]c(nc7nc(nc([n-]4)c3c2)-c2ccccc2-7)c2ccccc62)-c2ccccc2-5)c1. The Hall–Kier alpha value is -6.34. The zero-order valence-corrected chi connectivity index (χ0v) is 41.2. The monoisotopic (exact) mass is 952 g/mol. The van der Waals surface area contributed by atoms with Gasteiger partial charge in [-0.1, -0.05) is 109 Å². The van der Waals surface area contributed by atoms with Crippen molar-refractivity contribution in [3.8, 4) is 56.0 Å². The number of aromatic nitrogens is 8. The Labute approximate surface area is 398 Å². The van der Waals surface area contributed by atoms with Crippen molar-refractivity contribution in [2.45, 2.75) is 20.8 Å². The van der Waals surface area contributed by atoms with Gasteiger partial charge in [0.15, 0.2) is 0 Å². The summed E-state index contributed by atoms with van der Waals surface area (Å²) in [6.45, 7) is 6.31. The molecule has 306 valence electrons. The van der Waals surface area contributed by atoms with Crippen LogP contribution in [0.3, 0.4) is 0 Å². The van der Waals surface area contributed by atoms with Crippen LogP contribution in [-0.2, 0) is 19.5 Å². The molecule has 2 aliphatic heterocycles. The first-order chi connectivity index (χ1) is 30.9. The Kier molecular flexibility index (Phi) is 12.9. The van der Waals surface area contributed by atoms with E-state index in [1.807, 2.05) is 72.8 Å². The summed E-state index contributed by atoms with van der Waals surface area (Å²) in [4.78, 5) is 45.2. The molecular weight excluding hydrogens is 918 g/mol. The van der Waals surface area contributed by atoms with Crippen molar-refractivity contribution in [1.82, 2.24) is 39.9 Å². The van der Waals surface area contributed by atoms with Crippen LogP contribution in [0.25, 0.3) is 100 Å². The average Bonchev–Trinajstić information content (AvgIpc) is 4.18. The molecule has 2 aliphatic rings. The van der Waals surface area contributed by atoms with Crippen molar-refractivity contribution in [2.75, 3.05) is 0 Å². The molecule has 13 heteroatoms. The van der Waals surface area contributed by atoms with E-state index in [1.54, 1.807) is 45.3 Å². The molecule has 0 saturated carbocycles. The Morgan fingerprint density at radius 1 is 0.344 bits per heavy atom. The van der Waals surface area contributed by atoms with Gasteiger partial charge in [0.2, 0.25) is 0 Å². The average molecular weight is 955 g/mol. The van der Waals surface area contributed by atoms with Crippen molar-refractivity contribution in [3.05, 3.63) is 176 Å². The molecule has 0 unspecified atom stereocenters. The summed E-state index contributed by atoms with van der Waals surface area (Å²) in [5.41, 5.74) is 6.83. The van der Waals surface area contributed by atoms with Crippen LogP contribution in [0, 0.1) is 20.8 Å². The normalized spacial score (nSPS) is 10.9. The molecule has 0 aliphatic carbocycles. The second-order valence-electron chi connectivity index (χ2n) is 14.5. The maximum atomic E-state index is 5.08. The van der Waals surface area contributed by atoms with E-state index < -0.39 is 0 Å². The number of hydrogen-bond acceptors (Lipinski definition) is 10. The van der Waals surface area contributed by atoms with E-state index in [0.717, 1.165) is 49.4 Å². The summed E-state index contributed by atoms with van der Waals surface area (Å²) < 4.78 is 0. The van der Waals surface area contributed by atoms with E-state index in [-0.39, 0.29) is 19.5 Å². The second kappa shape index (κ2) is 19.2. The molecule has 0 atom stereocenters. The van der Waals surface area contributed by atoms with Gasteiger partial charge in [-0.25, -0.2) is 9.97 Å². The van der Waals surface area contributed by atoms with E-state index in [0.29, 0.717) is 45.9 Å². The van der Waals surface area contributed by atoms with Gasteiger partial charge in [0.05, 0.1) is 23.3 Å². The molecule has 11 aromatic rings. The predicted molar refractivity (Wildman–Crippen MR) is 264 cm³/mol. The summed E-state index contributed by atoms with van der Waals surface area (Å²) in [7, 11) is 0. The molecular formula is C51H36N8S4Zn. The zero-order valence-electron chi connectivity index (χ0n) is 35.0. The van der Waals surface area contributed by atoms with Crippen LogP contribution < -0.4 is 9.97 Å². The van der Waals surface area contributed by atoms with E-state index in [9.17, 15) is 0 Å². The Morgan fingerprint density at radius 3 is 1.05 bits per heavy atom. The Bertz CT molecular complexity index is 3420. The van der Waals surface area contributed by atoms with Gasteiger partial charge in [0.25, 0.3) is 0 Å². The summed E-state index contributed by atoms with van der Waals surface area (Å²) in [5, 5.41) is 11.9. The maximum absolute atomic E-state index is 5.08. The molecule has 9 heterocycles. The van der Waals surface area contributed by atoms with Crippen LogP contribution in [0.5, 0.6) is 0 Å². The quantitative estimate of drug-likeness (QED) is 0.150. The number of rotatable bonds is 1. The minimum Gasteiger partial charge on any atom is -0.357 e. The number of hydrogen-bond donors (Lipinski definition) is 0. The van der Waals surface area contributed by atoms with Gasteiger partial charge in [-0.05, 0) is 99.7 Å². The molecule has 0 radical (unpaired) electrons. The molecule has 0 saturated heterocycles. The largest absolute Gasteiger partial charge is 2.00 e.